The third-order valence-corrected chi connectivity index (χ3v) is 3.69. The van der Waals surface area contributed by atoms with Crippen molar-refractivity contribution in [3.05, 3.63) is 35.6 Å². The lowest BCUT2D eigenvalue weighted by Gasteiger charge is -2.25. The van der Waals surface area contributed by atoms with Gasteiger partial charge in [-0.05, 0) is 35.9 Å². The fourth-order valence-electron chi connectivity index (χ4n) is 1.26. The highest BCUT2D eigenvalue weighted by molar-refractivity contribution is 7.40. The van der Waals surface area contributed by atoms with E-state index in [1.807, 2.05) is 12.1 Å². The molecule has 0 radical (unpaired) electrons. The predicted molar refractivity (Wildman–Crippen MR) is 47.2 cm³/mol. The maximum absolute atomic E-state index is 12.5. The van der Waals surface area contributed by atoms with E-state index in [9.17, 15) is 4.39 Å². The Hall–Kier alpha value is -0.420. The van der Waals surface area contributed by atoms with Crippen LogP contribution in [-0.4, -0.2) is 12.3 Å². The van der Waals surface area contributed by atoms with Gasteiger partial charge in [-0.3, -0.25) is 0 Å². The first-order valence-corrected chi connectivity index (χ1v) is 5.24. The Balaban J connectivity index is 2.18. The van der Waals surface area contributed by atoms with Gasteiger partial charge < -0.3 is 0 Å². The fourth-order valence-corrected chi connectivity index (χ4v) is 2.31. The summed E-state index contributed by atoms with van der Waals surface area (Å²) in [4.78, 5) is 0. The molecule has 2 rings (SSSR count). The highest BCUT2D eigenvalue weighted by Crippen LogP contribution is 2.38. The highest BCUT2D eigenvalue weighted by Gasteiger charge is 2.18. The quantitative estimate of drug-likeness (QED) is 0.565. The minimum absolute atomic E-state index is 0.129. The first kappa shape index (κ1) is 7.24. The average Bonchev–Trinajstić information content (AvgIpc) is 1.90. The first-order valence-electron chi connectivity index (χ1n) is 3.82. The second-order valence-corrected chi connectivity index (χ2v) is 4.22. The zero-order valence-electron chi connectivity index (χ0n) is 6.18. The molecule has 0 aliphatic carbocycles. The molecule has 0 bridgehead atoms. The highest BCUT2D eigenvalue weighted by atomic mass is 31.1. The van der Waals surface area contributed by atoms with Crippen molar-refractivity contribution in [2.75, 3.05) is 12.3 Å². The summed E-state index contributed by atoms with van der Waals surface area (Å²) in [5.41, 5.74) is 1.31. The minimum Gasteiger partial charge on any atom is -0.207 e. The summed E-state index contributed by atoms with van der Waals surface area (Å²) >= 11 is 0. The van der Waals surface area contributed by atoms with E-state index in [2.05, 4.69) is 0 Å². The standard InChI is InChI=1S/C9H10FP/c10-9-3-1-7(2-4-9)8-5-11-6-8/h1-4,8,11H,5-6H2. The molecule has 1 aromatic rings. The van der Waals surface area contributed by atoms with Crippen molar-refractivity contribution in [1.82, 2.24) is 0 Å². The molecule has 1 saturated heterocycles. The van der Waals surface area contributed by atoms with Crippen LogP contribution in [0.4, 0.5) is 4.39 Å². The van der Waals surface area contributed by atoms with Crippen molar-refractivity contribution in [2.45, 2.75) is 5.92 Å². The van der Waals surface area contributed by atoms with Gasteiger partial charge in [0.05, 0.1) is 0 Å². The zero-order valence-corrected chi connectivity index (χ0v) is 7.18. The van der Waals surface area contributed by atoms with E-state index in [4.69, 9.17) is 0 Å². The van der Waals surface area contributed by atoms with Gasteiger partial charge in [0, 0.05) is 0 Å². The Labute approximate surface area is 67.6 Å². The van der Waals surface area contributed by atoms with E-state index in [1.165, 1.54) is 17.9 Å². The van der Waals surface area contributed by atoms with Crippen LogP contribution in [0.15, 0.2) is 24.3 Å². The zero-order chi connectivity index (χ0) is 7.68. The molecule has 1 aliphatic rings. The number of benzene rings is 1. The van der Waals surface area contributed by atoms with Gasteiger partial charge >= 0.3 is 0 Å². The third-order valence-electron chi connectivity index (χ3n) is 2.12. The topological polar surface area (TPSA) is 0 Å². The lowest BCUT2D eigenvalue weighted by atomic mass is 10.0. The van der Waals surface area contributed by atoms with Gasteiger partial charge in [-0.25, -0.2) is 4.39 Å². The average molecular weight is 168 g/mol. The molecule has 0 unspecified atom stereocenters. The molecule has 0 amide bonds. The largest absolute Gasteiger partial charge is 0.207 e. The van der Waals surface area contributed by atoms with Gasteiger partial charge in [0.25, 0.3) is 0 Å². The summed E-state index contributed by atoms with van der Waals surface area (Å²) in [6.45, 7) is 0. The Morgan fingerprint density at radius 3 is 2.27 bits per heavy atom. The summed E-state index contributed by atoms with van der Waals surface area (Å²) < 4.78 is 12.5. The maximum Gasteiger partial charge on any atom is 0.123 e. The number of rotatable bonds is 1. The molecule has 0 nitrogen and oxygen atoms in total. The Morgan fingerprint density at radius 1 is 1.18 bits per heavy atom. The summed E-state index contributed by atoms with van der Waals surface area (Å²) in [6.07, 6.45) is 2.62. The van der Waals surface area contributed by atoms with Crippen LogP contribution in [0.25, 0.3) is 0 Å². The number of hydrogen-bond donors (Lipinski definition) is 0. The van der Waals surface area contributed by atoms with E-state index >= 15 is 0 Å². The fraction of sp³-hybridized carbons (Fsp3) is 0.333. The Kier molecular flexibility index (Phi) is 1.91. The molecule has 2 heteroatoms. The van der Waals surface area contributed by atoms with Crippen LogP contribution in [-0.2, 0) is 0 Å². The second-order valence-electron chi connectivity index (χ2n) is 2.91. The number of halogens is 1. The third kappa shape index (κ3) is 1.44. The molecule has 0 N–H and O–H groups in total. The van der Waals surface area contributed by atoms with Gasteiger partial charge in [0.2, 0.25) is 0 Å². The van der Waals surface area contributed by atoms with Crippen molar-refractivity contribution in [1.29, 1.82) is 0 Å². The van der Waals surface area contributed by atoms with Crippen LogP contribution < -0.4 is 0 Å². The second kappa shape index (κ2) is 2.91. The van der Waals surface area contributed by atoms with Gasteiger partial charge in [0.15, 0.2) is 0 Å². The van der Waals surface area contributed by atoms with Crippen LogP contribution >= 0.6 is 8.58 Å². The molecule has 58 valence electrons. The summed E-state index contributed by atoms with van der Waals surface area (Å²) in [7, 11) is 1.13. The van der Waals surface area contributed by atoms with Crippen molar-refractivity contribution in [3.8, 4) is 0 Å². The summed E-state index contributed by atoms with van der Waals surface area (Å²) in [5, 5.41) is 0. The molecule has 1 aliphatic heterocycles. The van der Waals surface area contributed by atoms with Crippen LogP contribution in [0.3, 0.4) is 0 Å². The molecule has 0 saturated carbocycles. The van der Waals surface area contributed by atoms with E-state index in [1.54, 1.807) is 12.1 Å². The molecular formula is C9H10FP. The van der Waals surface area contributed by atoms with E-state index < -0.39 is 0 Å². The lowest BCUT2D eigenvalue weighted by Crippen LogP contribution is -2.12. The first-order chi connectivity index (χ1) is 5.36. The normalized spacial score (nSPS) is 25.0. The molecule has 1 heterocycles. The summed E-state index contributed by atoms with van der Waals surface area (Å²) in [5.74, 6) is 0.601. The number of hydrogen-bond acceptors (Lipinski definition) is 0. The van der Waals surface area contributed by atoms with E-state index in [0.717, 1.165) is 14.5 Å². The molecule has 0 aromatic heterocycles. The van der Waals surface area contributed by atoms with Crippen LogP contribution in [0.5, 0.6) is 0 Å². The van der Waals surface area contributed by atoms with Crippen LogP contribution in [0.2, 0.25) is 0 Å². The monoisotopic (exact) mass is 168 g/mol. The van der Waals surface area contributed by atoms with E-state index in [-0.39, 0.29) is 5.82 Å². The minimum atomic E-state index is -0.129. The lowest BCUT2D eigenvalue weighted by molar-refractivity contribution is 0.626. The van der Waals surface area contributed by atoms with Crippen molar-refractivity contribution in [2.24, 2.45) is 0 Å². The van der Waals surface area contributed by atoms with Crippen LogP contribution in [0.1, 0.15) is 11.5 Å². The Morgan fingerprint density at radius 2 is 1.82 bits per heavy atom. The molecule has 11 heavy (non-hydrogen) atoms. The molecule has 0 spiro atoms. The van der Waals surface area contributed by atoms with Gasteiger partial charge in [-0.2, -0.15) is 0 Å². The molecule has 1 fully saturated rings. The van der Waals surface area contributed by atoms with E-state index in [0.29, 0.717) is 0 Å². The van der Waals surface area contributed by atoms with Crippen molar-refractivity contribution >= 4 is 8.58 Å². The SMILES string of the molecule is Fc1ccc(C2CPC2)cc1. The molecule has 0 atom stereocenters. The smallest absolute Gasteiger partial charge is 0.123 e. The van der Waals surface area contributed by atoms with Gasteiger partial charge in [-0.1, -0.05) is 12.1 Å². The summed E-state index contributed by atoms with van der Waals surface area (Å²) in [6, 6.07) is 6.92. The van der Waals surface area contributed by atoms with Gasteiger partial charge in [-0.15, -0.1) is 8.58 Å². The molecule has 1 aromatic carbocycles. The van der Waals surface area contributed by atoms with Crippen LogP contribution in [0, 0.1) is 5.82 Å². The maximum atomic E-state index is 12.5. The van der Waals surface area contributed by atoms with Crippen molar-refractivity contribution < 1.29 is 4.39 Å². The van der Waals surface area contributed by atoms with Gasteiger partial charge in [0.1, 0.15) is 5.82 Å². The van der Waals surface area contributed by atoms with Crippen molar-refractivity contribution in [3.63, 3.8) is 0 Å². The Bertz CT molecular complexity index is 238. The predicted octanol–water partition coefficient (Wildman–Crippen LogP) is 2.60. The molecular weight excluding hydrogens is 158 g/mol.